The van der Waals surface area contributed by atoms with Gasteiger partial charge in [0.1, 0.15) is 5.56 Å². The van der Waals surface area contributed by atoms with Crippen molar-refractivity contribution in [2.24, 2.45) is 0 Å². The first-order chi connectivity index (χ1) is 15.0. The molecule has 0 spiro atoms. The topological polar surface area (TPSA) is 97.1 Å². The summed E-state index contributed by atoms with van der Waals surface area (Å²) < 4.78 is 7.02. The van der Waals surface area contributed by atoms with Crippen molar-refractivity contribution >= 4 is 23.4 Å². The summed E-state index contributed by atoms with van der Waals surface area (Å²) in [7, 11) is 0. The molecule has 3 aromatic rings. The fourth-order valence-corrected chi connectivity index (χ4v) is 3.64. The number of fused-ring (bicyclic) bond motifs is 1. The summed E-state index contributed by atoms with van der Waals surface area (Å²) in [6, 6.07) is 11.5. The number of carbonyl (C=O) groups is 3. The Morgan fingerprint density at radius 2 is 1.68 bits per heavy atom. The zero-order valence-corrected chi connectivity index (χ0v) is 17.4. The molecule has 1 atom stereocenters. The first-order valence-corrected chi connectivity index (χ1v) is 10.1. The number of benzene rings is 1. The number of carbonyl (C=O) groups excluding carboxylic acids is 3. The van der Waals surface area contributed by atoms with Gasteiger partial charge in [-0.2, -0.15) is 5.10 Å². The first-order valence-electron chi connectivity index (χ1n) is 10.1. The van der Waals surface area contributed by atoms with Crippen LogP contribution in [-0.2, 0) is 14.3 Å². The molecule has 2 amide bonds. The molecular formula is C22H23N5O4. The molecule has 1 aromatic carbocycles. The van der Waals surface area contributed by atoms with E-state index in [-0.39, 0.29) is 17.4 Å². The summed E-state index contributed by atoms with van der Waals surface area (Å²) >= 11 is 0. The quantitative estimate of drug-likeness (QED) is 0.594. The van der Waals surface area contributed by atoms with E-state index in [0.29, 0.717) is 31.8 Å². The lowest BCUT2D eigenvalue weighted by Gasteiger charge is -2.35. The van der Waals surface area contributed by atoms with Gasteiger partial charge in [0.15, 0.2) is 11.8 Å². The molecule has 0 aliphatic carbocycles. The number of aromatic nitrogens is 3. The molecule has 0 bridgehead atoms. The van der Waals surface area contributed by atoms with Gasteiger partial charge >= 0.3 is 5.97 Å². The minimum atomic E-state index is -0.955. The molecule has 9 nitrogen and oxygen atoms in total. The summed E-state index contributed by atoms with van der Waals surface area (Å²) in [5.74, 6) is -0.955. The summed E-state index contributed by atoms with van der Waals surface area (Å²) in [5, 5.41) is 4.30. The van der Waals surface area contributed by atoms with E-state index in [2.05, 4.69) is 10.1 Å². The second-order valence-corrected chi connectivity index (χ2v) is 7.37. The van der Waals surface area contributed by atoms with Crippen molar-refractivity contribution in [3.8, 4) is 11.3 Å². The van der Waals surface area contributed by atoms with Crippen molar-refractivity contribution in [1.29, 1.82) is 0 Å². The van der Waals surface area contributed by atoms with Crippen LogP contribution in [0.4, 0.5) is 0 Å². The molecule has 2 aromatic heterocycles. The first kappa shape index (κ1) is 20.5. The van der Waals surface area contributed by atoms with Crippen LogP contribution in [0, 0.1) is 0 Å². The molecule has 1 aliphatic heterocycles. The maximum Gasteiger partial charge on any atom is 0.344 e. The summed E-state index contributed by atoms with van der Waals surface area (Å²) in [5.41, 5.74) is 2.28. The van der Waals surface area contributed by atoms with Gasteiger partial charge in [0, 0.05) is 44.9 Å². The molecular weight excluding hydrogens is 398 g/mol. The average Bonchev–Trinajstić information content (AvgIpc) is 3.23. The zero-order chi connectivity index (χ0) is 22.0. The summed E-state index contributed by atoms with van der Waals surface area (Å²) in [6.07, 6.45) is 2.06. The third-order valence-corrected chi connectivity index (χ3v) is 5.36. The van der Waals surface area contributed by atoms with Crippen LogP contribution in [0.3, 0.4) is 0 Å². The second kappa shape index (κ2) is 8.55. The number of nitrogens with zero attached hydrogens (tertiary/aromatic N) is 5. The van der Waals surface area contributed by atoms with E-state index in [1.165, 1.54) is 13.1 Å². The molecule has 31 heavy (non-hydrogen) atoms. The maximum absolute atomic E-state index is 12.8. The van der Waals surface area contributed by atoms with E-state index in [9.17, 15) is 14.4 Å². The van der Waals surface area contributed by atoms with Gasteiger partial charge in [0.05, 0.1) is 11.9 Å². The SMILES string of the molecule is CC(=O)N1CCN(C(=O)C(C)OC(=O)c2cnn3c(-c4ccccc4)ccnc23)CC1. The minimum Gasteiger partial charge on any atom is -0.449 e. The highest BCUT2D eigenvalue weighted by atomic mass is 16.5. The highest BCUT2D eigenvalue weighted by molar-refractivity contribution is 5.97. The molecule has 0 N–H and O–H groups in total. The molecule has 1 unspecified atom stereocenters. The third kappa shape index (κ3) is 4.11. The van der Waals surface area contributed by atoms with Crippen LogP contribution >= 0.6 is 0 Å². The van der Waals surface area contributed by atoms with Gasteiger partial charge in [0.25, 0.3) is 5.91 Å². The van der Waals surface area contributed by atoms with Gasteiger partial charge in [-0.1, -0.05) is 30.3 Å². The Kier molecular flexibility index (Phi) is 5.66. The number of piperazine rings is 1. The van der Waals surface area contributed by atoms with Crippen LogP contribution in [0.25, 0.3) is 16.9 Å². The van der Waals surface area contributed by atoms with Crippen LogP contribution in [0.1, 0.15) is 24.2 Å². The molecule has 0 saturated carbocycles. The van der Waals surface area contributed by atoms with Crippen molar-refractivity contribution in [2.75, 3.05) is 26.2 Å². The Balaban J connectivity index is 1.48. The number of hydrogen-bond donors (Lipinski definition) is 0. The van der Waals surface area contributed by atoms with Gasteiger partial charge in [-0.25, -0.2) is 14.3 Å². The molecule has 4 rings (SSSR count). The van der Waals surface area contributed by atoms with Gasteiger partial charge in [-0.3, -0.25) is 9.59 Å². The van der Waals surface area contributed by atoms with Crippen LogP contribution in [-0.4, -0.2) is 74.5 Å². The summed E-state index contributed by atoms with van der Waals surface area (Å²) in [6.45, 7) is 4.84. The van der Waals surface area contributed by atoms with Crippen molar-refractivity contribution in [2.45, 2.75) is 20.0 Å². The largest absolute Gasteiger partial charge is 0.449 e. The standard InChI is InChI=1S/C22H23N5O4/c1-15(21(29)26-12-10-25(11-13-26)16(2)28)31-22(30)18-14-24-27-19(8-9-23-20(18)27)17-6-4-3-5-7-17/h3-9,14-15H,10-13H2,1-2H3. The zero-order valence-electron chi connectivity index (χ0n) is 17.4. The van der Waals surface area contributed by atoms with Crippen molar-refractivity contribution in [3.63, 3.8) is 0 Å². The Hall–Kier alpha value is -3.75. The van der Waals surface area contributed by atoms with Gasteiger partial charge in [-0.15, -0.1) is 0 Å². The number of rotatable bonds is 4. The predicted octanol–water partition coefficient (Wildman–Crippen LogP) is 1.63. The second-order valence-electron chi connectivity index (χ2n) is 7.37. The monoisotopic (exact) mass is 421 g/mol. The number of esters is 1. The smallest absolute Gasteiger partial charge is 0.344 e. The lowest BCUT2D eigenvalue weighted by Crippen LogP contribution is -2.52. The number of ether oxygens (including phenoxy) is 1. The van der Waals surface area contributed by atoms with Gasteiger partial charge in [-0.05, 0) is 13.0 Å². The minimum absolute atomic E-state index is 0.0120. The van der Waals surface area contributed by atoms with E-state index in [1.54, 1.807) is 27.4 Å². The van der Waals surface area contributed by atoms with E-state index >= 15 is 0 Å². The van der Waals surface area contributed by atoms with Gasteiger partial charge in [0.2, 0.25) is 5.91 Å². The Morgan fingerprint density at radius 3 is 2.35 bits per heavy atom. The number of amides is 2. The van der Waals surface area contributed by atoms with Crippen LogP contribution in [0.5, 0.6) is 0 Å². The number of hydrogen-bond acceptors (Lipinski definition) is 6. The predicted molar refractivity (Wildman–Crippen MR) is 112 cm³/mol. The van der Waals surface area contributed by atoms with Crippen molar-refractivity contribution in [1.82, 2.24) is 24.4 Å². The lowest BCUT2D eigenvalue weighted by molar-refractivity contribution is -0.144. The third-order valence-electron chi connectivity index (χ3n) is 5.36. The Labute approximate surface area is 179 Å². The van der Waals surface area contributed by atoms with E-state index in [0.717, 1.165) is 11.3 Å². The van der Waals surface area contributed by atoms with E-state index in [4.69, 9.17) is 4.74 Å². The normalized spacial score (nSPS) is 15.0. The summed E-state index contributed by atoms with van der Waals surface area (Å²) in [4.78, 5) is 44.5. The lowest BCUT2D eigenvalue weighted by atomic mass is 10.1. The van der Waals surface area contributed by atoms with Gasteiger partial charge < -0.3 is 14.5 Å². The molecule has 1 saturated heterocycles. The molecule has 3 heterocycles. The Bertz CT molecular complexity index is 1120. The fourth-order valence-electron chi connectivity index (χ4n) is 3.64. The highest BCUT2D eigenvalue weighted by Gasteiger charge is 2.29. The molecule has 9 heteroatoms. The molecule has 1 fully saturated rings. The van der Waals surface area contributed by atoms with Crippen LogP contribution in [0.2, 0.25) is 0 Å². The van der Waals surface area contributed by atoms with Crippen molar-refractivity contribution < 1.29 is 19.1 Å². The molecule has 1 aliphatic rings. The molecule has 0 radical (unpaired) electrons. The maximum atomic E-state index is 12.8. The highest BCUT2D eigenvalue weighted by Crippen LogP contribution is 2.21. The van der Waals surface area contributed by atoms with Crippen LogP contribution < -0.4 is 0 Å². The fraction of sp³-hybridized carbons (Fsp3) is 0.318. The molecule has 160 valence electrons. The van der Waals surface area contributed by atoms with E-state index < -0.39 is 12.1 Å². The van der Waals surface area contributed by atoms with E-state index in [1.807, 2.05) is 36.4 Å². The van der Waals surface area contributed by atoms with Crippen LogP contribution in [0.15, 0.2) is 48.8 Å². The Morgan fingerprint density at radius 1 is 1.00 bits per heavy atom. The average molecular weight is 421 g/mol. The van der Waals surface area contributed by atoms with Crippen molar-refractivity contribution in [3.05, 3.63) is 54.4 Å².